The summed E-state index contributed by atoms with van der Waals surface area (Å²) in [6.07, 6.45) is 3.25. The van der Waals surface area contributed by atoms with E-state index in [0.717, 1.165) is 30.0 Å². The molecule has 6 heteroatoms. The van der Waals surface area contributed by atoms with E-state index in [1.165, 1.54) is 17.7 Å². The smallest absolute Gasteiger partial charge is 0.254 e. The third-order valence-corrected chi connectivity index (χ3v) is 4.82. The van der Waals surface area contributed by atoms with Gasteiger partial charge in [-0.3, -0.25) is 4.79 Å². The van der Waals surface area contributed by atoms with Crippen molar-refractivity contribution in [2.45, 2.75) is 39.5 Å². The third kappa shape index (κ3) is 5.47. The number of unbranched alkanes of at least 4 members (excludes halogenated alkanes) is 1. The van der Waals surface area contributed by atoms with E-state index in [4.69, 9.17) is 4.74 Å². The summed E-state index contributed by atoms with van der Waals surface area (Å²) >= 11 is 0. The van der Waals surface area contributed by atoms with Gasteiger partial charge >= 0.3 is 0 Å². The fourth-order valence-electron chi connectivity index (χ4n) is 3.23. The summed E-state index contributed by atoms with van der Waals surface area (Å²) in [5.41, 5.74) is 3.29. The highest BCUT2D eigenvalue weighted by molar-refractivity contribution is 5.95. The van der Waals surface area contributed by atoms with Crippen LogP contribution in [0.1, 0.15) is 54.2 Å². The van der Waals surface area contributed by atoms with Crippen molar-refractivity contribution in [3.05, 3.63) is 77.4 Å². The standard InChI is InChI=1S/C24H28FN3O2/c1-17(2)23-22(16-27-28(23)20-10-8-19(25)9-11-20)24(29)26-14-4-5-15-30-21-12-6-18(3)7-13-21/h6-13,16-17H,4-5,14-15H2,1-3H3,(H,26,29). The van der Waals surface area contributed by atoms with E-state index in [-0.39, 0.29) is 17.6 Å². The molecule has 0 saturated carbocycles. The lowest BCUT2D eigenvalue weighted by molar-refractivity contribution is 0.0951. The monoisotopic (exact) mass is 409 g/mol. The summed E-state index contributed by atoms with van der Waals surface area (Å²) in [6, 6.07) is 14.1. The number of carbonyl (C=O) groups excluding carboxylic acids is 1. The van der Waals surface area contributed by atoms with Gasteiger partial charge in [0.15, 0.2) is 0 Å². The molecule has 0 spiro atoms. The number of carbonyl (C=O) groups is 1. The molecule has 3 rings (SSSR count). The number of amides is 1. The van der Waals surface area contributed by atoms with Crippen LogP contribution in [0.15, 0.2) is 54.7 Å². The number of hydrogen-bond acceptors (Lipinski definition) is 3. The molecular weight excluding hydrogens is 381 g/mol. The van der Waals surface area contributed by atoms with Crippen LogP contribution in [-0.2, 0) is 0 Å². The second-order valence-electron chi connectivity index (χ2n) is 7.61. The maximum Gasteiger partial charge on any atom is 0.254 e. The van der Waals surface area contributed by atoms with E-state index in [9.17, 15) is 9.18 Å². The topological polar surface area (TPSA) is 56.1 Å². The zero-order valence-corrected chi connectivity index (χ0v) is 17.7. The SMILES string of the molecule is Cc1ccc(OCCCCNC(=O)c2cnn(-c3ccc(F)cc3)c2C(C)C)cc1. The van der Waals surface area contributed by atoms with Gasteiger partial charge < -0.3 is 10.1 Å². The number of halogens is 1. The maximum absolute atomic E-state index is 13.2. The van der Waals surface area contributed by atoms with Gasteiger partial charge in [-0.05, 0) is 62.1 Å². The van der Waals surface area contributed by atoms with E-state index in [1.54, 1.807) is 23.0 Å². The molecule has 1 N–H and O–H groups in total. The van der Waals surface area contributed by atoms with Crippen LogP contribution in [0.5, 0.6) is 5.75 Å². The van der Waals surface area contributed by atoms with Crippen LogP contribution >= 0.6 is 0 Å². The Balaban J connectivity index is 1.52. The quantitative estimate of drug-likeness (QED) is 0.504. The first kappa shape index (κ1) is 21.6. The summed E-state index contributed by atoms with van der Waals surface area (Å²) in [7, 11) is 0. The molecular formula is C24H28FN3O2. The van der Waals surface area contributed by atoms with Crippen molar-refractivity contribution in [1.29, 1.82) is 0 Å². The van der Waals surface area contributed by atoms with Crippen molar-refractivity contribution < 1.29 is 13.9 Å². The molecule has 1 aromatic heterocycles. The van der Waals surface area contributed by atoms with Gasteiger partial charge in [-0.15, -0.1) is 0 Å². The van der Waals surface area contributed by atoms with Gasteiger partial charge in [0.25, 0.3) is 5.91 Å². The van der Waals surface area contributed by atoms with Crippen LogP contribution in [0.25, 0.3) is 5.69 Å². The Bertz CT molecular complexity index is 963. The van der Waals surface area contributed by atoms with Crippen molar-refractivity contribution in [2.24, 2.45) is 0 Å². The van der Waals surface area contributed by atoms with Gasteiger partial charge in [0.05, 0.1) is 29.7 Å². The lowest BCUT2D eigenvalue weighted by atomic mass is 10.0. The average molecular weight is 410 g/mol. The molecule has 1 amide bonds. The molecule has 0 atom stereocenters. The van der Waals surface area contributed by atoms with Crippen LogP contribution in [-0.4, -0.2) is 28.8 Å². The van der Waals surface area contributed by atoms with Gasteiger partial charge in [-0.25, -0.2) is 9.07 Å². The molecule has 0 aliphatic carbocycles. The number of aryl methyl sites for hydroxylation is 1. The summed E-state index contributed by atoms with van der Waals surface area (Å²) < 4.78 is 20.6. The zero-order chi connectivity index (χ0) is 21.5. The first-order valence-corrected chi connectivity index (χ1v) is 10.3. The predicted octanol–water partition coefficient (Wildman–Crippen LogP) is 5.03. The normalized spacial score (nSPS) is 11.0. The lowest BCUT2D eigenvalue weighted by Crippen LogP contribution is -2.26. The zero-order valence-electron chi connectivity index (χ0n) is 17.7. The molecule has 3 aromatic rings. The van der Waals surface area contributed by atoms with Crippen LogP contribution < -0.4 is 10.1 Å². The minimum Gasteiger partial charge on any atom is -0.494 e. The van der Waals surface area contributed by atoms with Crippen LogP contribution in [0.4, 0.5) is 4.39 Å². The summed E-state index contributed by atoms with van der Waals surface area (Å²) in [5, 5.41) is 7.34. The molecule has 0 aliphatic heterocycles. The molecule has 0 saturated heterocycles. The van der Waals surface area contributed by atoms with Gasteiger partial charge in [0.2, 0.25) is 0 Å². The van der Waals surface area contributed by atoms with Crippen LogP contribution in [0.3, 0.4) is 0 Å². The highest BCUT2D eigenvalue weighted by Gasteiger charge is 2.20. The average Bonchev–Trinajstić information content (AvgIpc) is 3.18. The van der Waals surface area contributed by atoms with Gasteiger partial charge in [-0.2, -0.15) is 5.10 Å². The largest absolute Gasteiger partial charge is 0.494 e. The van der Waals surface area contributed by atoms with Crippen molar-refractivity contribution in [3.63, 3.8) is 0 Å². The van der Waals surface area contributed by atoms with Crippen LogP contribution in [0.2, 0.25) is 0 Å². The Labute approximate surface area is 176 Å². The van der Waals surface area contributed by atoms with Gasteiger partial charge in [0.1, 0.15) is 11.6 Å². The van der Waals surface area contributed by atoms with E-state index in [2.05, 4.69) is 10.4 Å². The van der Waals surface area contributed by atoms with Gasteiger partial charge in [0, 0.05) is 6.54 Å². The van der Waals surface area contributed by atoms with E-state index >= 15 is 0 Å². The Hall–Kier alpha value is -3.15. The number of ether oxygens (including phenoxy) is 1. The number of nitrogens with zero attached hydrogens (tertiary/aromatic N) is 2. The second-order valence-corrected chi connectivity index (χ2v) is 7.61. The number of hydrogen-bond donors (Lipinski definition) is 1. The number of benzene rings is 2. The molecule has 30 heavy (non-hydrogen) atoms. The minimum absolute atomic E-state index is 0.0845. The van der Waals surface area contributed by atoms with Crippen molar-refractivity contribution in [1.82, 2.24) is 15.1 Å². The molecule has 0 aliphatic rings. The Kier molecular flexibility index (Phi) is 7.22. The Morgan fingerprint density at radius 3 is 2.47 bits per heavy atom. The fourth-order valence-corrected chi connectivity index (χ4v) is 3.23. The van der Waals surface area contributed by atoms with E-state index in [1.807, 2.05) is 45.0 Å². The summed E-state index contributed by atoms with van der Waals surface area (Å²) in [4.78, 5) is 12.7. The fraction of sp³-hybridized carbons (Fsp3) is 0.333. The number of nitrogens with one attached hydrogen (secondary N) is 1. The molecule has 0 fully saturated rings. The minimum atomic E-state index is -0.304. The molecule has 1 heterocycles. The summed E-state index contributed by atoms with van der Waals surface area (Å²) in [5.74, 6) is 0.494. The number of aromatic nitrogens is 2. The maximum atomic E-state index is 13.2. The van der Waals surface area contributed by atoms with Gasteiger partial charge in [-0.1, -0.05) is 31.5 Å². The second kappa shape index (κ2) is 10.1. The lowest BCUT2D eigenvalue weighted by Gasteiger charge is -2.13. The predicted molar refractivity (Wildman–Crippen MR) is 116 cm³/mol. The van der Waals surface area contributed by atoms with Crippen molar-refractivity contribution >= 4 is 5.91 Å². The molecule has 5 nitrogen and oxygen atoms in total. The Morgan fingerprint density at radius 1 is 1.10 bits per heavy atom. The van der Waals surface area contributed by atoms with E-state index < -0.39 is 0 Å². The van der Waals surface area contributed by atoms with Crippen molar-refractivity contribution in [2.75, 3.05) is 13.2 Å². The highest BCUT2D eigenvalue weighted by atomic mass is 19.1. The first-order chi connectivity index (χ1) is 14.5. The molecule has 158 valence electrons. The Morgan fingerprint density at radius 2 is 1.80 bits per heavy atom. The molecule has 0 bridgehead atoms. The summed E-state index contributed by atoms with van der Waals surface area (Å²) in [6.45, 7) is 7.24. The first-order valence-electron chi connectivity index (χ1n) is 10.3. The molecule has 0 radical (unpaired) electrons. The van der Waals surface area contributed by atoms with E-state index in [0.29, 0.717) is 18.7 Å². The molecule has 2 aromatic carbocycles. The number of rotatable bonds is 9. The third-order valence-electron chi connectivity index (χ3n) is 4.82. The van der Waals surface area contributed by atoms with Crippen molar-refractivity contribution in [3.8, 4) is 11.4 Å². The van der Waals surface area contributed by atoms with Crippen LogP contribution in [0, 0.1) is 12.7 Å². The highest BCUT2D eigenvalue weighted by Crippen LogP contribution is 2.23. The molecule has 0 unspecified atom stereocenters.